The van der Waals surface area contributed by atoms with E-state index >= 15 is 0 Å². The van der Waals surface area contributed by atoms with Gasteiger partial charge in [0, 0.05) is 17.0 Å². The summed E-state index contributed by atoms with van der Waals surface area (Å²) in [7, 11) is 4.20. The number of fused-ring (bicyclic) bond motifs is 1. The van der Waals surface area contributed by atoms with Crippen LogP contribution < -0.4 is 9.64 Å². The number of halogens is 2. The van der Waals surface area contributed by atoms with Crippen molar-refractivity contribution in [3.8, 4) is 5.75 Å². The zero-order valence-electron chi connectivity index (χ0n) is 18.0. The van der Waals surface area contributed by atoms with Gasteiger partial charge in [-0.15, -0.1) is 0 Å². The van der Waals surface area contributed by atoms with E-state index in [9.17, 15) is 4.39 Å². The van der Waals surface area contributed by atoms with E-state index in [1.807, 2.05) is 42.5 Å². The summed E-state index contributed by atoms with van der Waals surface area (Å²) in [5.41, 5.74) is 5.05. The Morgan fingerprint density at radius 2 is 1.65 bits per heavy atom. The molecule has 2 nitrogen and oxygen atoms in total. The summed E-state index contributed by atoms with van der Waals surface area (Å²) in [6.07, 6.45) is 2.17. The van der Waals surface area contributed by atoms with Crippen LogP contribution in [0.1, 0.15) is 28.2 Å². The molecule has 0 radical (unpaired) electrons. The molecule has 0 aliphatic carbocycles. The zero-order valence-corrected chi connectivity index (χ0v) is 18.7. The molecule has 3 aromatic rings. The van der Waals surface area contributed by atoms with E-state index in [1.54, 1.807) is 0 Å². The van der Waals surface area contributed by atoms with Crippen molar-refractivity contribution in [1.82, 2.24) is 0 Å². The summed E-state index contributed by atoms with van der Waals surface area (Å²) in [6.45, 7) is 2.85. The Kier molecular flexibility index (Phi) is 6.26. The van der Waals surface area contributed by atoms with Crippen LogP contribution in [0.5, 0.6) is 5.75 Å². The molecule has 0 aromatic heterocycles. The van der Waals surface area contributed by atoms with Gasteiger partial charge in [-0.2, -0.15) is 0 Å². The van der Waals surface area contributed by atoms with Gasteiger partial charge in [0.15, 0.2) is 5.76 Å². The molecule has 0 saturated heterocycles. The van der Waals surface area contributed by atoms with E-state index in [1.165, 1.54) is 22.6 Å². The van der Waals surface area contributed by atoms with E-state index in [0.717, 1.165) is 34.6 Å². The molecule has 0 bridgehead atoms. The van der Waals surface area contributed by atoms with Crippen LogP contribution in [-0.2, 0) is 0 Å². The van der Waals surface area contributed by atoms with Crippen LogP contribution in [-0.4, -0.2) is 20.6 Å². The molecule has 1 N–H and O–H groups in total. The number of rotatable bonds is 4. The minimum absolute atomic E-state index is 0.161. The first-order chi connectivity index (χ1) is 14.9. The number of quaternary nitrogens is 1. The minimum Gasteiger partial charge on any atom is -0.455 e. The highest BCUT2D eigenvalue weighted by molar-refractivity contribution is 6.35. The lowest BCUT2D eigenvalue weighted by Gasteiger charge is -2.21. The van der Waals surface area contributed by atoms with Gasteiger partial charge in [0.25, 0.3) is 0 Å². The highest BCUT2D eigenvalue weighted by Gasteiger charge is 2.31. The number of nitrogens with one attached hydrogen (secondary N) is 1. The number of ether oxygens (including phenoxy) is 1. The zero-order chi connectivity index (χ0) is 22.0. The van der Waals surface area contributed by atoms with Crippen molar-refractivity contribution in [2.45, 2.75) is 12.8 Å². The molecular formula is C27H26ClFNO+. The summed E-state index contributed by atoms with van der Waals surface area (Å²) < 4.78 is 20.1. The molecule has 158 valence electrons. The summed E-state index contributed by atoms with van der Waals surface area (Å²) in [4.78, 5) is 1.28. The van der Waals surface area contributed by atoms with Crippen molar-refractivity contribution in [1.29, 1.82) is 0 Å². The molecule has 31 heavy (non-hydrogen) atoms. The number of benzene rings is 3. The quantitative estimate of drug-likeness (QED) is 0.585. The minimum atomic E-state index is -0.257. The van der Waals surface area contributed by atoms with Crippen molar-refractivity contribution in [2.24, 2.45) is 0 Å². The molecule has 0 unspecified atom stereocenters. The van der Waals surface area contributed by atoms with Crippen molar-refractivity contribution >= 4 is 17.4 Å². The number of para-hydroxylation sites is 1. The fourth-order valence-corrected chi connectivity index (χ4v) is 4.15. The van der Waals surface area contributed by atoms with Gasteiger partial charge in [0.1, 0.15) is 11.6 Å². The van der Waals surface area contributed by atoms with Crippen LogP contribution >= 0.6 is 11.6 Å². The second-order valence-corrected chi connectivity index (χ2v) is 8.58. The Balaban J connectivity index is 1.97. The monoisotopic (exact) mass is 434 g/mol. The predicted octanol–water partition coefficient (Wildman–Crippen LogP) is 5.34. The molecule has 1 heterocycles. The Labute approximate surface area is 188 Å². The third-order valence-electron chi connectivity index (χ3n) is 5.45. The Hall–Kier alpha value is -2.88. The lowest BCUT2D eigenvalue weighted by Crippen LogP contribution is -3.05. The molecular weight excluding hydrogens is 409 g/mol. The smallest absolute Gasteiger partial charge is 0.153 e. The van der Waals surface area contributed by atoms with E-state index in [4.69, 9.17) is 16.3 Å². The largest absolute Gasteiger partial charge is 0.455 e. The van der Waals surface area contributed by atoms with Crippen LogP contribution in [0.3, 0.4) is 0 Å². The van der Waals surface area contributed by atoms with Gasteiger partial charge >= 0.3 is 0 Å². The first-order valence-corrected chi connectivity index (χ1v) is 10.8. The first kappa shape index (κ1) is 21.4. The molecule has 0 saturated carbocycles. The summed E-state index contributed by atoms with van der Waals surface area (Å²) in [5.74, 6) is 0.976. The van der Waals surface area contributed by atoms with Gasteiger partial charge < -0.3 is 9.64 Å². The molecule has 4 heteroatoms. The summed E-state index contributed by atoms with van der Waals surface area (Å²) in [6, 6.07) is 22.8. The fourth-order valence-electron chi connectivity index (χ4n) is 3.82. The fraction of sp³-hybridized carbons (Fsp3) is 0.185. The predicted molar refractivity (Wildman–Crippen MR) is 125 cm³/mol. The van der Waals surface area contributed by atoms with Crippen LogP contribution in [0.4, 0.5) is 4.39 Å². The van der Waals surface area contributed by atoms with Crippen LogP contribution in [0.25, 0.3) is 5.76 Å². The lowest BCUT2D eigenvalue weighted by atomic mass is 9.83. The number of hydrogen-bond donors (Lipinski definition) is 1. The highest BCUT2D eigenvalue weighted by Crippen LogP contribution is 2.47. The van der Waals surface area contributed by atoms with Crippen molar-refractivity contribution in [3.05, 3.63) is 118 Å². The van der Waals surface area contributed by atoms with E-state index < -0.39 is 0 Å². The molecule has 0 fully saturated rings. The lowest BCUT2D eigenvalue weighted by molar-refractivity contribution is -0.851. The van der Waals surface area contributed by atoms with E-state index in [0.29, 0.717) is 10.8 Å². The second kappa shape index (κ2) is 9.09. The first-order valence-electron chi connectivity index (χ1n) is 10.4. The maximum atomic E-state index is 13.7. The standard InChI is InChI=1S/C27H25ClFNO/c1-18-8-10-20(11-9-18)27-26(28)23(16-17-30(2)3)25(19-12-14-21(29)15-13-19)22-6-4-5-7-24(22)31-27/h4-16,25H,17H2,1-3H3/p+1/b23-16-/t25-/m1/s1. The number of aryl methyl sites for hydroxylation is 1. The molecule has 0 amide bonds. The maximum absolute atomic E-state index is 13.7. The molecule has 1 aliphatic rings. The molecule has 4 rings (SSSR count). The topological polar surface area (TPSA) is 13.7 Å². The van der Waals surface area contributed by atoms with Crippen LogP contribution in [0.15, 0.2) is 89.5 Å². The van der Waals surface area contributed by atoms with Crippen molar-refractivity contribution in [3.63, 3.8) is 0 Å². The van der Waals surface area contributed by atoms with Crippen LogP contribution in [0, 0.1) is 12.7 Å². The molecule has 1 atom stereocenters. The van der Waals surface area contributed by atoms with Crippen molar-refractivity contribution < 1.29 is 14.0 Å². The number of hydrogen-bond acceptors (Lipinski definition) is 1. The van der Waals surface area contributed by atoms with Gasteiger partial charge in [0.2, 0.25) is 0 Å². The van der Waals surface area contributed by atoms with Gasteiger partial charge in [-0.1, -0.05) is 71.8 Å². The van der Waals surface area contributed by atoms with Gasteiger partial charge in [0.05, 0.1) is 25.7 Å². The molecule has 3 aromatic carbocycles. The molecule has 1 aliphatic heterocycles. The second-order valence-electron chi connectivity index (χ2n) is 8.20. The van der Waals surface area contributed by atoms with E-state index in [2.05, 4.69) is 45.3 Å². The van der Waals surface area contributed by atoms with Gasteiger partial charge in [-0.3, -0.25) is 0 Å². The van der Waals surface area contributed by atoms with Crippen LogP contribution in [0.2, 0.25) is 0 Å². The van der Waals surface area contributed by atoms with Crippen molar-refractivity contribution in [2.75, 3.05) is 20.6 Å². The summed E-state index contributed by atoms with van der Waals surface area (Å²) in [5, 5.41) is 0.579. The number of allylic oxidation sites excluding steroid dienone is 2. The van der Waals surface area contributed by atoms with Gasteiger partial charge in [-0.05, 0) is 42.3 Å². The average Bonchev–Trinajstić information content (AvgIpc) is 2.88. The Morgan fingerprint density at radius 3 is 2.32 bits per heavy atom. The van der Waals surface area contributed by atoms with E-state index in [-0.39, 0.29) is 11.7 Å². The Morgan fingerprint density at radius 1 is 0.968 bits per heavy atom. The summed E-state index contributed by atoms with van der Waals surface area (Å²) >= 11 is 7.08. The third-order valence-corrected chi connectivity index (χ3v) is 5.84. The SMILES string of the molecule is Cc1ccc(C2=C(Cl)/C(=C\C[NH+](C)C)[C@H](c3ccc(F)cc3)c3ccccc3O2)cc1. The number of likely N-dealkylation sites (N-methyl/N-ethyl adjacent to an activating group) is 1. The normalized spacial score (nSPS) is 17.5. The maximum Gasteiger partial charge on any atom is 0.153 e. The average molecular weight is 435 g/mol. The Bertz CT molecular complexity index is 1130. The van der Waals surface area contributed by atoms with Gasteiger partial charge in [-0.25, -0.2) is 4.39 Å². The third kappa shape index (κ3) is 4.58. The molecule has 0 spiro atoms. The highest BCUT2D eigenvalue weighted by atomic mass is 35.5.